The van der Waals surface area contributed by atoms with Crippen molar-refractivity contribution in [1.82, 2.24) is 0 Å². The molecule has 2 aromatic carbocycles. The van der Waals surface area contributed by atoms with E-state index in [2.05, 4.69) is 15.9 Å². The number of halogens is 2. The Kier molecular flexibility index (Phi) is 4.54. The van der Waals surface area contributed by atoms with Crippen molar-refractivity contribution in [2.45, 2.75) is 13.5 Å². The Morgan fingerprint density at radius 3 is 2.67 bits per heavy atom. The van der Waals surface area contributed by atoms with Crippen molar-refractivity contribution < 1.29 is 19.2 Å². The van der Waals surface area contributed by atoms with Crippen LogP contribution in [0.1, 0.15) is 11.1 Å². The number of nitro benzene ring substituents is 1. The van der Waals surface area contributed by atoms with Crippen LogP contribution in [0.4, 0.5) is 10.1 Å². The average molecular weight is 356 g/mol. The van der Waals surface area contributed by atoms with E-state index in [1.807, 2.05) is 6.92 Å². The fraction of sp³-hybridized carbons (Fsp3) is 0.143. The maximum Gasteiger partial charge on any atom is 0.312 e. The van der Waals surface area contributed by atoms with Crippen LogP contribution in [0.15, 0.2) is 34.8 Å². The van der Waals surface area contributed by atoms with Crippen molar-refractivity contribution in [1.29, 1.82) is 0 Å². The van der Waals surface area contributed by atoms with E-state index in [1.165, 1.54) is 0 Å². The third-order valence-electron chi connectivity index (χ3n) is 2.80. The van der Waals surface area contributed by atoms with Crippen LogP contribution < -0.4 is 4.74 Å². The normalized spacial score (nSPS) is 10.5. The summed E-state index contributed by atoms with van der Waals surface area (Å²) in [5, 5.41) is 20.3. The first kappa shape index (κ1) is 15.4. The molecule has 0 amide bonds. The summed E-state index contributed by atoms with van der Waals surface area (Å²) in [6, 6.07) is 6.97. The minimum Gasteiger partial charge on any atom is -0.450 e. The lowest BCUT2D eigenvalue weighted by atomic mass is 10.1. The van der Waals surface area contributed by atoms with E-state index in [0.717, 1.165) is 17.7 Å². The zero-order valence-electron chi connectivity index (χ0n) is 11.0. The highest BCUT2D eigenvalue weighted by atomic mass is 79.9. The fourth-order valence-corrected chi connectivity index (χ4v) is 2.12. The molecule has 0 radical (unpaired) electrons. The Morgan fingerprint density at radius 2 is 2.05 bits per heavy atom. The summed E-state index contributed by atoms with van der Waals surface area (Å²) in [6.07, 6.45) is 0. The van der Waals surface area contributed by atoms with E-state index in [0.29, 0.717) is 5.56 Å². The van der Waals surface area contributed by atoms with Crippen molar-refractivity contribution in [3.05, 3.63) is 61.9 Å². The molecular formula is C14H11BrFNO4. The number of benzene rings is 2. The molecule has 0 aliphatic rings. The van der Waals surface area contributed by atoms with E-state index in [4.69, 9.17) is 4.74 Å². The van der Waals surface area contributed by atoms with Gasteiger partial charge >= 0.3 is 5.69 Å². The van der Waals surface area contributed by atoms with Crippen LogP contribution in [-0.4, -0.2) is 10.0 Å². The second kappa shape index (κ2) is 6.19. The van der Waals surface area contributed by atoms with Gasteiger partial charge in [-0.2, -0.15) is 0 Å². The first-order chi connectivity index (χ1) is 9.92. The number of aliphatic hydroxyl groups is 1. The van der Waals surface area contributed by atoms with Gasteiger partial charge in [0.2, 0.25) is 5.75 Å². The Morgan fingerprint density at radius 1 is 1.33 bits per heavy atom. The average Bonchev–Trinajstić information content (AvgIpc) is 2.44. The summed E-state index contributed by atoms with van der Waals surface area (Å²) >= 11 is 2.90. The maximum atomic E-state index is 13.6. The zero-order chi connectivity index (χ0) is 15.6. The third-order valence-corrected chi connectivity index (χ3v) is 3.41. The first-order valence-electron chi connectivity index (χ1n) is 5.94. The van der Waals surface area contributed by atoms with Gasteiger partial charge in [-0.25, -0.2) is 4.39 Å². The van der Waals surface area contributed by atoms with Crippen LogP contribution >= 0.6 is 15.9 Å². The topological polar surface area (TPSA) is 72.6 Å². The van der Waals surface area contributed by atoms with Crippen LogP contribution in [0, 0.1) is 22.9 Å². The van der Waals surface area contributed by atoms with Crippen molar-refractivity contribution in [3.8, 4) is 11.5 Å². The second-order valence-corrected chi connectivity index (χ2v) is 5.22. The smallest absolute Gasteiger partial charge is 0.312 e. The van der Waals surface area contributed by atoms with Gasteiger partial charge in [-0.05, 0) is 28.9 Å². The summed E-state index contributed by atoms with van der Waals surface area (Å²) in [5.74, 6) is -0.652. The molecule has 0 saturated heterocycles. The van der Waals surface area contributed by atoms with Gasteiger partial charge in [0.15, 0.2) is 0 Å². The lowest BCUT2D eigenvalue weighted by molar-refractivity contribution is -0.385. The zero-order valence-corrected chi connectivity index (χ0v) is 12.6. The van der Waals surface area contributed by atoms with E-state index < -0.39 is 10.7 Å². The van der Waals surface area contributed by atoms with Gasteiger partial charge in [0.25, 0.3) is 0 Å². The standard InChI is InChI=1S/C14H11BrFNO4/c1-8-2-3-13(9(4-8)7-18)21-14-6-11(16)10(15)5-12(14)17(19)20/h2-6,18H,7H2,1H3. The van der Waals surface area contributed by atoms with Crippen molar-refractivity contribution >= 4 is 21.6 Å². The molecule has 5 nitrogen and oxygen atoms in total. The molecule has 2 rings (SSSR count). The number of aryl methyl sites for hydroxylation is 1. The maximum absolute atomic E-state index is 13.6. The molecule has 2 aromatic rings. The molecule has 0 fully saturated rings. The van der Waals surface area contributed by atoms with E-state index >= 15 is 0 Å². The van der Waals surface area contributed by atoms with Crippen LogP contribution in [0.25, 0.3) is 0 Å². The monoisotopic (exact) mass is 355 g/mol. The first-order valence-corrected chi connectivity index (χ1v) is 6.73. The van der Waals surface area contributed by atoms with Crippen LogP contribution in [0.2, 0.25) is 0 Å². The van der Waals surface area contributed by atoms with Crippen molar-refractivity contribution in [3.63, 3.8) is 0 Å². The van der Waals surface area contributed by atoms with E-state index in [-0.39, 0.29) is 28.3 Å². The lowest BCUT2D eigenvalue weighted by Gasteiger charge is -2.11. The largest absolute Gasteiger partial charge is 0.450 e. The number of ether oxygens (including phenoxy) is 1. The SMILES string of the molecule is Cc1ccc(Oc2cc(F)c(Br)cc2[N+](=O)[O-])c(CO)c1. The number of nitrogens with zero attached hydrogens (tertiary/aromatic N) is 1. The fourth-order valence-electron chi connectivity index (χ4n) is 1.79. The lowest BCUT2D eigenvalue weighted by Crippen LogP contribution is -1.98. The minimum absolute atomic E-state index is 0.0205. The molecular weight excluding hydrogens is 345 g/mol. The van der Waals surface area contributed by atoms with Crippen LogP contribution in [-0.2, 0) is 6.61 Å². The van der Waals surface area contributed by atoms with Gasteiger partial charge in [-0.3, -0.25) is 10.1 Å². The summed E-state index contributed by atoms with van der Waals surface area (Å²) < 4.78 is 19.0. The Bertz CT molecular complexity index is 706. The van der Waals surface area contributed by atoms with Crippen LogP contribution in [0.5, 0.6) is 11.5 Å². The third kappa shape index (κ3) is 3.37. The number of rotatable bonds is 4. The number of hydrogen-bond donors (Lipinski definition) is 1. The summed E-state index contributed by atoms with van der Waals surface area (Å²) in [7, 11) is 0. The molecule has 110 valence electrons. The Labute approximate surface area is 128 Å². The molecule has 0 heterocycles. The summed E-state index contributed by atoms with van der Waals surface area (Å²) in [4.78, 5) is 10.4. The highest BCUT2D eigenvalue weighted by molar-refractivity contribution is 9.10. The Hall–Kier alpha value is -1.99. The molecule has 0 aliphatic carbocycles. The summed E-state index contributed by atoms with van der Waals surface area (Å²) in [5.41, 5.74) is 1.00. The minimum atomic E-state index is -0.673. The number of nitro groups is 1. The molecule has 0 bridgehead atoms. The van der Waals surface area contributed by atoms with Crippen LogP contribution in [0.3, 0.4) is 0 Å². The van der Waals surface area contributed by atoms with Gasteiger partial charge in [0, 0.05) is 17.7 Å². The Balaban J connectivity index is 2.48. The molecule has 21 heavy (non-hydrogen) atoms. The van der Waals surface area contributed by atoms with Gasteiger partial charge < -0.3 is 9.84 Å². The molecule has 0 unspecified atom stereocenters. The molecule has 0 saturated carbocycles. The summed E-state index contributed by atoms with van der Waals surface area (Å²) in [6.45, 7) is 1.55. The molecule has 0 aromatic heterocycles. The van der Waals surface area contributed by atoms with E-state index in [1.54, 1.807) is 18.2 Å². The molecule has 0 atom stereocenters. The molecule has 7 heteroatoms. The number of aliphatic hydroxyl groups excluding tert-OH is 1. The predicted molar refractivity (Wildman–Crippen MR) is 77.9 cm³/mol. The van der Waals surface area contributed by atoms with Gasteiger partial charge in [0.1, 0.15) is 11.6 Å². The highest BCUT2D eigenvalue weighted by Crippen LogP contribution is 2.36. The number of hydrogen-bond acceptors (Lipinski definition) is 4. The predicted octanol–water partition coefficient (Wildman–Crippen LogP) is 4.09. The molecule has 0 spiro atoms. The molecule has 0 aliphatic heterocycles. The molecule has 1 N–H and O–H groups in total. The quantitative estimate of drug-likeness (QED) is 0.662. The van der Waals surface area contributed by atoms with E-state index in [9.17, 15) is 19.6 Å². The van der Waals surface area contributed by atoms with Gasteiger partial charge in [0.05, 0.1) is 16.0 Å². The van der Waals surface area contributed by atoms with Gasteiger partial charge in [-0.1, -0.05) is 17.7 Å². The van der Waals surface area contributed by atoms with Gasteiger partial charge in [-0.15, -0.1) is 0 Å². The van der Waals surface area contributed by atoms with Crippen molar-refractivity contribution in [2.24, 2.45) is 0 Å². The highest BCUT2D eigenvalue weighted by Gasteiger charge is 2.20. The van der Waals surface area contributed by atoms with Crippen molar-refractivity contribution in [2.75, 3.05) is 0 Å². The second-order valence-electron chi connectivity index (χ2n) is 4.36.